The van der Waals surface area contributed by atoms with Gasteiger partial charge in [0.2, 0.25) is 0 Å². The topological polar surface area (TPSA) is 42.5 Å². The van der Waals surface area contributed by atoms with E-state index < -0.39 is 0 Å². The van der Waals surface area contributed by atoms with Gasteiger partial charge in [-0.25, -0.2) is 0 Å². The summed E-state index contributed by atoms with van der Waals surface area (Å²) in [5, 5.41) is 6.81. The fourth-order valence-corrected chi connectivity index (χ4v) is 1.94. The maximum Gasteiger partial charge on any atom is 0.0701 e. The zero-order chi connectivity index (χ0) is 14.4. The van der Waals surface area contributed by atoms with Gasteiger partial charge in [-0.3, -0.25) is 0 Å². The van der Waals surface area contributed by atoms with E-state index in [1.165, 1.54) is 19.3 Å². The van der Waals surface area contributed by atoms with Crippen LogP contribution in [0.4, 0.5) is 0 Å². The minimum atomic E-state index is 0.222. The van der Waals surface area contributed by atoms with Crippen LogP contribution in [-0.2, 0) is 9.47 Å². The molecule has 0 heterocycles. The van der Waals surface area contributed by atoms with Crippen LogP contribution in [0, 0.1) is 0 Å². The van der Waals surface area contributed by atoms with Crippen LogP contribution in [0.2, 0.25) is 0 Å². The Morgan fingerprint density at radius 2 is 1.42 bits per heavy atom. The molecule has 4 heteroatoms. The van der Waals surface area contributed by atoms with Crippen LogP contribution in [0.5, 0.6) is 0 Å². The first-order valence-electron chi connectivity index (χ1n) is 7.73. The van der Waals surface area contributed by atoms with Crippen molar-refractivity contribution < 1.29 is 9.47 Å². The van der Waals surface area contributed by atoms with Crippen molar-refractivity contribution in [3.05, 3.63) is 0 Å². The Kier molecular flexibility index (Phi) is 12.7. The molecule has 2 N–H and O–H groups in total. The summed E-state index contributed by atoms with van der Waals surface area (Å²) < 4.78 is 11.0. The molecular formula is C15H34N2O2. The molecule has 0 fully saturated rings. The van der Waals surface area contributed by atoms with Gasteiger partial charge in [0.15, 0.2) is 0 Å². The molecule has 0 aromatic rings. The van der Waals surface area contributed by atoms with Crippen molar-refractivity contribution in [3.8, 4) is 0 Å². The van der Waals surface area contributed by atoms with E-state index in [1.807, 2.05) is 0 Å². The highest BCUT2D eigenvalue weighted by Crippen LogP contribution is 2.09. The summed E-state index contributed by atoms with van der Waals surface area (Å²) in [6.45, 7) is 14.7. The molecule has 0 aromatic carbocycles. The molecule has 0 aromatic heterocycles. The third-order valence-electron chi connectivity index (χ3n) is 2.95. The van der Waals surface area contributed by atoms with E-state index in [1.54, 1.807) is 0 Å². The molecule has 0 saturated heterocycles. The minimum absolute atomic E-state index is 0.222. The predicted octanol–water partition coefficient (Wildman–Crippen LogP) is 2.19. The predicted molar refractivity (Wildman–Crippen MR) is 81.8 cm³/mol. The van der Waals surface area contributed by atoms with Crippen molar-refractivity contribution in [1.29, 1.82) is 0 Å². The van der Waals surface area contributed by atoms with Crippen LogP contribution in [0.15, 0.2) is 0 Å². The van der Waals surface area contributed by atoms with Gasteiger partial charge in [0.25, 0.3) is 0 Å². The number of rotatable bonds is 14. The number of nitrogens with one attached hydrogen (secondary N) is 2. The largest absolute Gasteiger partial charge is 0.378 e. The minimum Gasteiger partial charge on any atom is -0.378 e. The van der Waals surface area contributed by atoms with Gasteiger partial charge in [0, 0.05) is 18.6 Å². The Labute approximate surface area is 119 Å². The zero-order valence-electron chi connectivity index (χ0n) is 13.4. The Hall–Kier alpha value is -0.160. The first kappa shape index (κ1) is 18.8. The summed E-state index contributed by atoms with van der Waals surface area (Å²) in [4.78, 5) is 0. The molecule has 0 rings (SSSR count). The van der Waals surface area contributed by atoms with Crippen molar-refractivity contribution in [2.75, 3.05) is 46.1 Å². The Balaban J connectivity index is 3.14. The van der Waals surface area contributed by atoms with Crippen molar-refractivity contribution in [2.24, 2.45) is 0 Å². The molecule has 4 nitrogen and oxygen atoms in total. The number of hydrogen-bond donors (Lipinski definition) is 2. The van der Waals surface area contributed by atoms with Crippen molar-refractivity contribution >= 4 is 0 Å². The average Bonchev–Trinajstić information content (AvgIpc) is 2.36. The van der Waals surface area contributed by atoms with Crippen LogP contribution in [-0.4, -0.2) is 51.6 Å². The normalized spacial score (nSPS) is 12.0. The highest BCUT2D eigenvalue weighted by atomic mass is 16.5. The van der Waals surface area contributed by atoms with Crippen molar-refractivity contribution in [1.82, 2.24) is 10.6 Å². The molecule has 0 aliphatic heterocycles. The molecule has 0 radical (unpaired) electrons. The molecule has 0 amide bonds. The Morgan fingerprint density at radius 1 is 0.789 bits per heavy atom. The van der Waals surface area contributed by atoms with Gasteiger partial charge in [0.05, 0.1) is 26.4 Å². The van der Waals surface area contributed by atoms with Gasteiger partial charge < -0.3 is 20.1 Å². The maximum atomic E-state index is 5.53. The lowest BCUT2D eigenvalue weighted by molar-refractivity contribution is 0.0482. The molecule has 0 spiro atoms. The molecule has 0 saturated carbocycles. The highest BCUT2D eigenvalue weighted by Gasteiger charge is 2.14. The van der Waals surface area contributed by atoms with Crippen LogP contribution < -0.4 is 10.6 Å². The van der Waals surface area contributed by atoms with Gasteiger partial charge >= 0.3 is 0 Å². The molecular weight excluding hydrogens is 240 g/mol. The number of hydrogen-bond acceptors (Lipinski definition) is 4. The molecule has 0 bridgehead atoms. The first-order valence-corrected chi connectivity index (χ1v) is 7.73. The van der Waals surface area contributed by atoms with E-state index in [-0.39, 0.29) is 5.54 Å². The second-order valence-electron chi connectivity index (χ2n) is 5.54. The van der Waals surface area contributed by atoms with Gasteiger partial charge in [0.1, 0.15) is 0 Å². The summed E-state index contributed by atoms with van der Waals surface area (Å²) in [6, 6.07) is 0. The molecule has 19 heavy (non-hydrogen) atoms. The summed E-state index contributed by atoms with van der Waals surface area (Å²) in [5.74, 6) is 0. The third-order valence-corrected chi connectivity index (χ3v) is 2.95. The molecule has 0 atom stereocenters. The maximum absolute atomic E-state index is 5.53. The Morgan fingerprint density at radius 3 is 2.00 bits per heavy atom. The highest BCUT2D eigenvalue weighted by molar-refractivity contribution is 4.75. The van der Waals surface area contributed by atoms with E-state index >= 15 is 0 Å². The fourth-order valence-electron chi connectivity index (χ4n) is 1.94. The second-order valence-corrected chi connectivity index (χ2v) is 5.54. The first-order chi connectivity index (χ1) is 9.12. The number of ether oxygens (including phenoxy) is 2. The van der Waals surface area contributed by atoms with Crippen molar-refractivity contribution in [3.63, 3.8) is 0 Å². The lowest BCUT2D eigenvalue weighted by Gasteiger charge is -2.25. The van der Waals surface area contributed by atoms with Gasteiger partial charge in [-0.15, -0.1) is 0 Å². The second kappa shape index (κ2) is 12.9. The van der Waals surface area contributed by atoms with Gasteiger partial charge in [-0.2, -0.15) is 0 Å². The van der Waals surface area contributed by atoms with Gasteiger partial charge in [-0.1, -0.05) is 20.3 Å². The standard InChI is InChI=1S/C15H34N2O2/c1-5-7-15(3,4)17-10-12-19-14-13-18-11-9-16-8-6-2/h16-17H,5-14H2,1-4H3. The average molecular weight is 274 g/mol. The molecule has 0 aliphatic carbocycles. The lowest BCUT2D eigenvalue weighted by Crippen LogP contribution is -2.41. The molecule has 0 aliphatic rings. The summed E-state index contributed by atoms with van der Waals surface area (Å²) in [5.41, 5.74) is 0.222. The quantitative estimate of drug-likeness (QED) is 0.477. The fraction of sp³-hybridized carbons (Fsp3) is 1.00. The Bertz CT molecular complexity index is 187. The van der Waals surface area contributed by atoms with E-state index in [9.17, 15) is 0 Å². The summed E-state index contributed by atoms with van der Waals surface area (Å²) >= 11 is 0. The zero-order valence-corrected chi connectivity index (χ0v) is 13.4. The van der Waals surface area contributed by atoms with Crippen LogP contribution in [0.3, 0.4) is 0 Å². The van der Waals surface area contributed by atoms with E-state index in [0.717, 1.165) is 32.8 Å². The van der Waals surface area contributed by atoms with Crippen LogP contribution >= 0.6 is 0 Å². The monoisotopic (exact) mass is 274 g/mol. The van der Waals surface area contributed by atoms with Crippen LogP contribution in [0.1, 0.15) is 47.0 Å². The van der Waals surface area contributed by atoms with Gasteiger partial charge in [-0.05, 0) is 33.2 Å². The van der Waals surface area contributed by atoms with Crippen molar-refractivity contribution in [2.45, 2.75) is 52.5 Å². The smallest absolute Gasteiger partial charge is 0.0701 e. The lowest BCUT2D eigenvalue weighted by atomic mass is 9.99. The summed E-state index contributed by atoms with van der Waals surface area (Å²) in [7, 11) is 0. The van der Waals surface area contributed by atoms with Crippen LogP contribution in [0.25, 0.3) is 0 Å². The van der Waals surface area contributed by atoms with E-state index in [0.29, 0.717) is 13.2 Å². The van der Waals surface area contributed by atoms with E-state index in [2.05, 4.69) is 38.3 Å². The SMILES string of the molecule is CCCNCCOCCOCCNC(C)(C)CCC. The molecule has 116 valence electrons. The molecule has 0 unspecified atom stereocenters. The third kappa shape index (κ3) is 14.1. The summed E-state index contributed by atoms with van der Waals surface area (Å²) in [6.07, 6.45) is 3.58. The van der Waals surface area contributed by atoms with E-state index in [4.69, 9.17) is 9.47 Å².